The molecular weight excluding hydrogens is 362 g/mol. The lowest BCUT2D eigenvalue weighted by Gasteiger charge is -2.42. The Morgan fingerprint density at radius 2 is 1.85 bits per heavy atom. The van der Waals surface area contributed by atoms with Crippen molar-refractivity contribution in [2.24, 2.45) is 16.8 Å². The van der Waals surface area contributed by atoms with Crippen molar-refractivity contribution < 1.29 is 8.42 Å². The zero-order valence-corrected chi connectivity index (χ0v) is 18.2. The molecule has 3 atom stereocenters. The van der Waals surface area contributed by atoms with Crippen molar-refractivity contribution in [3.8, 4) is 0 Å². The van der Waals surface area contributed by atoms with E-state index in [1.165, 1.54) is 31.9 Å². The first-order valence-electron chi connectivity index (χ1n) is 10.4. The molecule has 7 nitrogen and oxygen atoms in total. The molecule has 0 radical (unpaired) electrons. The van der Waals surface area contributed by atoms with Crippen LogP contribution in [-0.2, 0) is 10.0 Å². The minimum atomic E-state index is -3.25. The van der Waals surface area contributed by atoms with E-state index in [2.05, 4.69) is 26.8 Å². The number of nitrogens with one attached hydrogen (secondary N) is 2. The van der Waals surface area contributed by atoms with Gasteiger partial charge in [0.1, 0.15) is 0 Å². The van der Waals surface area contributed by atoms with Gasteiger partial charge in [-0.15, -0.1) is 0 Å². The summed E-state index contributed by atoms with van der Waals surface area (Å²) in [5, 5.41) is 3.38. The first-order chi connectivity index (χ1) is 12.7. The largest absolute Gasteiger partial charge is 0.357 e. The Balaban J connectivity index is 1.56. The fourth-order valence-corrected chi connectivity index (χ4v) is 6.22. The van der Waals surface area contributed by atoms with Gasteiger partial charge in [-0.05, 0) is 51.9 Å². The molecule has 1 saturated heterocycles. The van der Waals surface area contributed by atoms with Crippen LogP contribution in [0, 0.1) is 11.8 Å². The van der Waals surface area contributed by atoms with Crippen LogP contribution in [0.5, 0.6) is 0 Å². The van der Waals surface area contributed by atoms with Crippen LogP contribution >= 0.6 is 0 Å². The van der Waals surface area contributed by atoms with Crippen molar-refractivity contribution >= 4 is 16.0 Å². The molecule has 2 bridgehead atoms. The highest BCUT2D eigenvalue weighted by Gasteiger charge is 2.42. The highest BCUT2D eigenvalue weighted by molar-refractivity contribution is 7.88. The van der Waals surface area contributed by atoms with Crippen LogP contribution in [0.1, 0.15) is 46.5 Å². The monoisotopic (exact) mass is 399 g/mol. The maximum absolute atomic E-state index is 11.5. The van der Waals surface area contributed by atoms with Crippen LogP contribution in [0.3, 0.4) is 0 Å². The Hall–Kier alpha value is -0.860. The van der Waals surface area contributed by atoms with E-state index < -0.39 is 15.6 Å². The topological polar surface area (TPSA) is 77.0 Å². The van der Waals surface area contributed by atoms with Gasteiger partial charge in [-0.3, -0.25) is 9.89 Å². The third-order valence-electron chi connectivity index (χ3n) is 6.20. The molecule has 0 amide bonds. The van der Waals surface area contributed by atoms with E-state index in [4.69, 9.17) is 4.99 Å². The maximum atomic E-state index is 11.5. The number of piperazine rings is 1. The summed E-state index contributed by atoms with van der Waals surface area (Å²) in [4.78, 5) is 9.77. The number of guanidine groups is 1. The Labute approximate surface area is 165 Å². The van der Waals surface area contributed by atoms with E-state index in [0.717, 1.165) is 56.6 Å². The lowest BCUT2D eigenvalue weighted by Crippen LogP contribution is -2.56. The Morgan fingerprint density at radius 1 is 1.15 bits per heavy atom. The molecule has 3 fully saturated rings. The number of fused-ring (bicyclic) bond motifs is 2. The second-order valence-corrected chi connectivity index (χ2v) is 10.9. The highest BCUT2D eigenvalue weighted by Crippen LogP contribution is 2.46. The summed E-state index contributed by atoms with van der Waals surface area (Å²) >= 11 is 0. The number of nitrogens with zero attached hydrogens (tertiary/aromatic N) is 3. The van der Waals surface area contributed by atoms with Crippen molar-refractivity contribution in [3.63, 3.8) is 0 Å². The molecular formula is C19H37N5O2S. The minimum Gasteiger partial charge on any atom is -0.357 e. The number of hydrogen-bond acceptors (Lipinski definition) is 4. The quantitative estimate of drug-likeness (QED) is 0.516. The molecule has 8 heteroatoms. The fourth-order valence-electron chi connectivity index (χ4n) is 5.16. The molecule has 1 heterocycles. The van der Waals surface area contributed by atoms with Gasteiger partial charge in [-0.25, -0.2) is 13.1 Å². The molecule has 0 aromatic carbocycles. The number of rotatable bonds is 6. The predicted molar refractivity (Wildman–Crippen MR) is 110 cm³/mol. The van der Waals surface area contributed by atoms with Crippen LogP contribution in [-0.4, -0.2) is 81.3 Å². The molecule has 3 aliphatic rings. The van der Waals surface area contributed by atoms with E-state index in [9.17, 15) is 8.42 Å². The van der Waals surface area contributed by atoms with Gasteiger partial charge in [0.25, 0.3) is 0 Å². The average molecular weight is 400 g/mol. The lowest BCUT2D eigenvalue weighted by atomic mass is 9.93. The molecule has 27 heavy (non-hydrogen) atoms. The zero-order valence-electron chi connectivity index (χ0n) is 17.4. The van der Waals surface area contributed by atoms with Crippen LogP contribution in [0.4, 0.5) is 0 Å². The first kappa shape index (κ1) is 20.9. The first-order valence-corrected chi connectivity index (χ1v) is 12.3. The summed E-state index contributed by atoms with van der Waals surface area (Å²) in [5.41, 5.74) is -0.598. The van der Waals surface area contributed by atoms with Gasteiger partial charge in [0.05, 0.1) is 12.8 Å². The molecule has 0 aromatic heterocycles. The Kier molecular flexibility index (Phi) is 6.37. The third-order valence-corrected chi connectivity index (χ3v) is 7.13. The van der Waals surface area contributed by atoms with Crippen LogP contribution in [0.25, 0.3) is 0 Å². The van der Waals surface area contributed by atoms with E-state index in [1.54, 1.807) is 0 Å². The molecule has 2 aliphatic carbocycles. The lowest BCUT2D eigenvalue weighted by molar-refractivity contribution is 0.0958. The predicted octanol–water partition coefficient (Wildman–Crippen LogP) is 1.09. The van der Waals surface area contributed by atoms with Crippen molar-refractivity contribution in [1.29, 1.82) is 0 Å². The van der Waals surface area contributed by atoms with Gasteiger partial charge in [0, 0.05) is 44.3 Å². The Bertz CT molecular complexity index is 640. The number of aliphatic imine (C=N–C) groups is 1. The fraction of sp³-hybridized carbons (Fsp3) is 0.947. The van der Waals surface area contributed by atoms with Gasteiger partial charge in [0.2, 0.25) is 10.0 Å². The summed E-state index contributed by atoms with van der Waals surface area (Å²) < 4.78 is 25.8. The maximum Gasteiger partial charge on any atom is 0.209 e. The summed E-state index contributed by atoms with van der Waals surface area (Å²) in [7, 11) is -3.25. The normalized spacial score (nSPS) is 30.1. The second-order valence-electron chi connectivity index (χ2n) is 9.19. The van der Waals surface area contributed by atoms with Gasteiger partial charge in [-0.2, -0.15) is 0 Å². The van der Waals surface area contributed by atoms with Crippen LogP contribution in [0.15, 0.2) is 4.99 Å². The molecule has 3 rings (SSSR count). The van der Waals surface area contributed by atoms with Crippen molar-refractivity contribution in [1.82, 2.24) is 19.8 Å². The van der Waals surface area contributed by atoms with Gasteiger partial charge >= 0.3 is 0 Å². The van der Waals surface area contributed by atoms with Crippen molar-refractivity contribution in [3.05, 3.63) is 0 Å². The van der Waals surface area contributed by atoms with E-state index >= 15 is 0 Å². The van der Waals surface area contributed by atoms with Crippen molar-refractivity contribution in [2.45, 2.75) is 58.0 Å². The molecule has 2 saturated carbocycles. The molecule has 0 aromatic rings. The zero-order chi connectivity index (χ0) is 19.7. The smallest absolute Gasteiger partial charge is 0.209 e. The SMILES string of the molecule is CCNC(=NCC(C)(C)NS(C)(=O)=O)N1CCN(C2CC3CCC2C3)CC1. The summed E-state index contributed by atoms with van der Waals surface area (Å²) in [5.74, 6) is 2.82. The average Bonchev–Trinajstić information content (AvgIpc) is 3.20. The van der Waals surface area contributed by atoms with Crippen molar-refractivity contribution in [2.75, 3.05) is 45.5 Å². The second kappa shape index (κ2) is 8.25. The van der Waals surface area contributed by atoms with Crippen LogP contribution < -0.4 is 10.0 Å². The summed E-state index contributed by atoms with van der Waals surface area (Å²) in [6, 6.07) is 0.809. The van der Waals surface area contributed by atoms with Gasteiger partial charge in [0.15, 0.2) is 5.96 Å². The molecule has 1 aliphatic heterocycles. The third kappa shape index (κ3) is 5.57. The van der Waals surface area contributed by atoms with E-state index in [-0.39, 0.29) is 0 Å². The van der Waals surface area contributed by atoms with Crippen LogP contribution in [0.2, 0.25) is 0 Å². The molecule has 156 valence electrons. The van der Waals surface area contributed by atoms with E-state index in [1.807, 2.05) is 13.8 Å². The summed E-state index contributed by atoms with van der Waals surface area (Å²) in [6.45, 7) is 11.2. The Morgan fingerprint density at radius 3 is 2.37 bits per heavy atom. The summed E-state index contributed by atoms with van der Waals surface area (Å²) in [6.07, 6.45) is 6.94. The minimum absolute atomic E-state index is 0.412. The van der Waals surface area contributed by atoms with E-state index in [0.29, 0.717) is 6.54 Å². The molecule has 0 spiro atoms. The highest BCUT2D eigenvalue weighted by atomic mass is 32.2. The van der Waals surface area contributed by atoms with Gasteiger partial charge < -0.3 is 10.2 Å². The molecule has 3 unspecified atom stereocenters. The van der Waals surface area contributed by atoms with Gasteiger partial charge in [-0.1, -0.05) is 6.42 Å². The number of sulfonamides is 1. The number of hydrogen-bond donors (Lipinski definition) is 2. The standard InChI is InChI=1S/C19H37N5O2S/c1-5-20-18(21-14-19(2,3)22-27(4,25)26)24-10-8-23(9-11-24)17-13-15-6-7-16(17)12-15/h15-17,22H,5-14H2,1-4H3,(H,20,21). The molecule has 2 N–H and O–H groups in total.